The van der Waals surface area contributed by atoms with Crippen molar-refractivity contribution in [1.29, 1.82) is 0 Å². The third-order valence-electron chi connectivity index (χ3n) is 5.29. The second-order valence-electron chi connectivity index (χ2n) is 7.39. The summed E-state index contributed by atoms with van der Waals surface area (Å²) < 4.78 is 17.5. The van der Waals surface area contributed by atoms with Crippen molar-refractivity contribution in [3.05, 3.63) is 77.7 Å². The molecule has 4 rings (SSSR count). The van der Waals surface area contributed by atoms with E-state index in [0.29, 0.717) is 4.90 Å². The smallest absolute Gasteiger partial charge is 0.198 e. The highest BCUT2D eigenvalue weighted by Gasteiger charge is 2.18. The number of hydrogen-bond donors (Lipinski definition) is 2. The van der Waals surface area contributed by atoms with E-state index in [4.69, 9.17) is 0 Å². The molecule has 0 saturated carbocycles. The highest BCUT2D eigenvalue weighted by atomic mass is 32.2. The van der Waals surface area contributed by atoms with Crippen LogP contribution in [0.2, 0.25) is 0 Å². The molecule has 0 aliphatic carbocycles. The van der Waals surface area contributed by atoms with E-state index < -0.39 is 11.4 Å². The van der Waals surface area contributed by atoms with Gasteiger partial charge in [-0.05, 0) is 49.2 Å². The predicted molar refractivity (Wildman–Crippen MR) is 123 cm³/mol. The molecule has 6 nitrogen and oxygen atoms in total. The number of pyridine rings is 1. The van der Waals surface area contributed by atoms with Crippen LogP contribution in [-0.4, -0.2) is 19.3 Å². The molecule has 7 heteroatoms. The molecule has 0 amide bonds. The quantitative estimate of drug-likeness (QED) is 0.435. The second-order valence-corrected chi connectivity index (χ2v) is 8.60. The largest absolute Gasteiger partial charge is 0.588 e. The minimum atomic E-state index is -1.41. The maximum Gasteiger partial charge on any atom is 0.198 e. The zero-order chi connectivity index (χ0) is 21.3. The minimum absolute atomic E-state index is 0.0947. The zero-order valence-corrected chi connectivity index (χ0v) is 18.3. The van der Waals surface area contributed by atoms with Crippen LogP contribution in [0.15, 0.2) is 65.7 Å². The molecule has 0 spiro atoms. The summed E-state index contributed by atoms with van der Waals surface area (Å²) in [5.41, 5.74) is 3.74. The third-order valence-corrected chi connectivity index (χ3v) is 6.35. The molecule has 0 aliphatic rings. The molecular formula is C23H25N5OS. The number of fused-ring (bicyclic) bond motifs is 1. The molecule has 0 fully saturated rings. The number of rotatable bonds is 6. The number of aryl methyl sites for hydroxylation is 2. The van der Waals surface area contributed by atoms with Crippen LogP contribution >= 0.6 is 0 Å². The van der Waals surface area contributed by atoms with Gasteiger partial charge in [0, 0.05) is 19.2 Å². The van der Waals surface area contributed by atoms with Crippen LogP contribution in [0.4, 0.5) is 11.5 Å². The summed E-state index contributed by atoms with van der Waals surface area (Å²) >= 11 is -1.41. The van der Waals surface area contributed by atoms with Crippen molar-refractivity contribution in [3.63, 3.8) is 0 Å². The number of aromatic nitrogens is 3. The Bertz CT molecular complexity index is 1170. The van der Waals surface area contributed by atoms with Crippen molar-refractivity contribution in [3.8, 4) is 0 Å². The molecule has 0 saturated heterocycles. The first kappa shape index (κ1) is 20.3. The number of nitrogens with one attached hydrogen (secondary N) is 2. The highest BCUT2D eigenvalue weighted by Crippen LogP contribution is 2.25. The molecule has 2 N–H and O–H groups in total. The molecule has 0 bridgehead atoms. The van der Waals surface area contributed by atoms with Gasteiger partial charge in [-0.25, -0.2) is 4.98 Å². The summed E-state index contributed by atoms with van der Waals surface area (Å²) in [5.74, 6) is 0.741. The Kier molecular flexibility index (Phi) is 5.65. The first-order chi connectivity index (χ1) is 14.4. The standard InChI is InChI=1S/C23H25N5OS/c1-15(19-10-9-18-7-5-6-8-20(18)13-19)25-22-12-11-21(14-24-22)30(29)27-23-16(2)26-28(4)17(23)3/h5-15,27H,1-4H3,(H,24,25)/t15-,30?/m1/s1. The Morgan fingerprint density at radius 1 is 1.03 bits per heavy atom. The summed E-state index contributed by atoms with van der Waals surface area (Å²) in [4.78, 5) is 5.07. The maximum atomic E-state index is 12.7. The van der Waals surface area contributed by atoms with Crippen molar-refractivity contribution in [2.24, 2.45) is 7.05 Å². The number of benzene rings is 2. The van der Waals surface area contributed by atoms with Crippen LogP contribution in [0, 0.1) is 13.8 Å². The Morgan fingerprint density at radius 3 is 2.47 bits per heavy atom. The molecule has 2 aromatic heterocycles. The van der Waals surface area contributed by atoms with Crippen LogP contribution < -0.4 is 10.0 Å². The molecule has 2 aromatic carbocycles. The number of anilines is 2. The van der Waals surface area contributed by atoms with Gasteiger partial charge in [0.15, 0.2) is 4.90 Å². The van der Waals surface area contributed by atoms with Crippen molar-refractivity contribution in [1.82, 2.24) is 14.8 Å². The third kappa shape index (κ3) is 4.13. The van der Waals surface area contributed by atoms with Crippen LogP contribution in [-0.2, 0) is 18.4 Å². The molecule has 154 valence electrons. The van der Waals surface area contributed by atoms with Crippen LogP contribution in [0.25, 0.3) is 10.8 Å². The monoisotopic (exact) mass is 419 g/mol. The van der Waals surface area contributed by atoms with Gasteiger partial charge in [0.05, 0.1) is 17.6 Å². The molecule has 2 atom stereocenters. The molecule has 30 heavy (non-hydrogen) atoms. The lowest BCUT2D eigenvalue weighted by atomic mass is 10.0. The average molecular weight is 420 g/mol. The topological polar surface area (TPSA) is 77.8 Å². The summed E-state index contributed by atoms with van der Waals surface area (Å²) in [7, 11) is 1.87. The van der Waals surface area contributed by atoms with Gasteiger partial charge in [-0.2, -0.15) is 9.82 Å². The normalized spacial score (nSPS) is 13.2. The van der Waals surface area contributed by atoms with Gasteiger partial charge in [0.1, 0.15) is 22.9 Å². The van der Waals surface area contributed by atoms with Gasteiger partial charge in [0.2, 0.25) is 0 Å². The van der Waals surface area contributed by atoms with Crippen LogP contribution in [0.1, 0.15) is 29.9 Å². The molecule has 2 heterocycles. The lowest BCUT2D eigenvalue weighted by Crippen LogP contribution is -2.15. The summed E-state index contributed by atoms with van der Waals surface area (Å²) in [6, 6.07) is 18.6. The fourth-order valence-corrected chi connectivity index (χ4v) is 4.37. The van der Waals surface area contributed by atoms with E-state index in [1.54, 1.807) is 10.9 Å². The average Bonchev–Trinajstić information content (AvgIpc) is 2.99. The Hall–Kier alpha value is -3.03. The summed E-state index contributed by atoms with van der Waals surface area (Å²) in [6.45, 7) is 5.94. The Labute approximate surface area is 179 Å². The fourth-order valence-electron chi connectivity index (χ4n) is 3.43. The minimum Gasteiger partial charge on any atom is -0.588 e. The van der Waals surface area contributed by atoms with Gasteiger partial charge < -0.3 is 9.87 Å². The second kappa shape index (κ2) is 8.38. The molecule has 4 aromatic rings. The van der Waals surface area contributed by atoms with Crippen LogP contribution in [0.5, 0.6) is 0 Å². The molecule has 1 unspecified atom stereocenters. The van der Waals surface area contributed by atoms with Gasteiger partial charge >= 0.3 is 0 Å². The molecule has 0 radical (unpaired) electrons. The Balaban J connectivity index is 1.44. The van der Waals surface area contributed by atoms with Crippen LogP contribution in [0.3, 0.4) is 0 Å². The van der Waals surface area contributed by atoms with Crippen molar-refractivity contribution < 1.29 is 4.55 Å². The van der Waals surface area contributed by atoms with E-state index in [9.17, 15) is 4.55 Å². The molecular weight excluding hydrogens is 394 g/mol. The number of hydrogen-bond acceptors (Lipinski definition) is 5. The van der Waals surface area contributed by atoms with Crippen molar-refractivity contribution in [2.75, 3.05) is 10.0 Å². The van der Waals surface area contributed by atoms with E-state index in [1.165, 1.54) is 16.3 Å². The SMILES string of the molecule is Cc1nn(C)c(C)c1N[S+]([O-])c1ccc(N[C@H](C)c2ccc3ccccc3c2)nc1. The van der Waals surface area contributed by atoms with Gasteiger partial charge in [-0.1, -0.05) is 36.4 Å². The number of nitrogens with zero attached hydrogens (tertiary/aromatic N) is 3. The molecule has 0 aliphatic heterocycles. The van der Waals surface area contributed by atoms with Gasteiger partial charge in [0.25, 0.3) is 0 Å². The van der Waals surface area contributed by atoms with E-state index in [-0.39, 0.29) is 6.04 Å². The summed E-state index contributed by atoms with van der Waals surface area (Å²) in [5, 5.41) is 10.2. The van der Waals surface area contributed by atoms with E-state index in [0.717, 1.165) is 22.9 Å². The lowest BCUT2D eigenvalue weighted by molar-refractivity contribution is 0.599. The highest BCUT2D eigenvalue weighted by molar-refractivity contribution is 7.92. The predicted octanol–water partition coefficient (Wildman–Crippen LogP) is 4.89. The van der Waals surface area contributed by atoms with Crippen molar-refractivity contribution >= 4 is 33.6 Å². The lowest BCUT2D eigenvalue weighted by Gasteiger charge is -2.16. The fraction of sp³-hybridized carbons (Fsp3) is 0.217. The first-order valence-electron chi connectivity index (χ1n) is 9.82. The van der Waals surface area contributed by atoms with E-state index in [1.807, 2.05) is 45.2 Å². The summed E-state index contributed by atoms with van der Waals surface area (Å²) in [6.07, 6.45) is 1.64. The van der Waals surface area contributed by atoms with Gasteiger partial charge in [-0.3, -0.25) is 4.68 Å². The Morgan fingerprint density at radius 2 is 1.80 bits per heavy atom. The van der Waals surface area contributed by atoms with E-state index in [2.05, 4.69) is 57.4 Å². The zero-order valence-electron chi connectivity index (χ0n) is 17.5. The van der Waals surface area contributed by atoms with Gasteiger partial charge in [-0.15, -0.1) is 0 Å². The van der Waals surface area contributed by atoms with E-state index >= 15 is 0 Å². The van der Waals surface area contributed by atoms with Crippen molar-refractivity contribution in [2.45, 2.75) is 31.7 Å². The first-order valence-corrected chi connectivity index (χ1v) is 11.0. The maximum absolute atomic E-state index is 12.7.